The van der Waals surface area contributed by atoms with Gasteiger partial charge in [-0.25, -0.2) is 0 Å². The molecule has 3 aromatic carbocycles. The molecule has 0 amide bonds. The van der Waals surface area contributed by atoms with Crippen molar-refractivity contribution in [3.63, 3.8) is 0 Å². The van der Waals surface area contributed by atoms with Gasteiger partial charge in [-0.3, -0.25) is 4.99 Å². The molecule has 5 heteroatoms. The summed E-state index contributed by atoms with van der Waals surface area (Å²) in [4.78, 5) is 5.05. The van der Waals surface area contributed by atoms with Crippen LogP contribution in [0.4, 0.5) is 0 Å². The lowest BCUT2D eigenvalue weighted by molar-refractivity contribution is 0.117. The molecule has 3 heterocycles. The second-order valence-electron chi connectivity index (χ2n) is 10.1. The van der Waals surface area contributed by atoms with Crippen LogP contribution in [0.1, 0.15) is 35.1 Å². The van der Waals surface area contributed by atoms with Crippen LogP contribution in [-0.2, 0) is 30.9 Å². The zero-order chi connectivity index (χ0) is 25.7. The molecule has 1 atom stereocenters. The average molecular weight is 507 g/mol. The average Bonchev–Trinajstić information content (AvgIpc) is 3.49. The van der Waals surface area contributed by atoms with Crippen LogP contribution in [0.25, 0.3) is 11.3 Å². The Morgan fingerprint density at radius 1 is 0.895 bits per heavy atom. The summed E-state index contributed by atoms with van der Waals surface area (Å²) in [6, 6.07) is 29.2. The van der Waals surface area contributed by atoms with E-state index in [1.807, 2.05) is 36.4 Å². The van der Waals surface area contributed by atoms with E-state index < -0.39 is 0 Å². The van der Waals surface area contributed by atoms with Crippen LogP contribution >= 0.6 is 0 Å². The molecule has 0 N–H and O–H groups in total. The molecule has 0 aliphatic carbocycles. The lowest BCUT2D eigenvalue weighted by Crippen LogP contribution is -2.29. The number of pyridine rings is 1. The van der Waals surface area contributed by atoms with E-state index in [0.717, 1.165) is 60.5 Å². The van der Waals surface area contributed by atoms with Crippen LogP contribution in [0.3, 0.4) is 0 Å². The van der Waals surface area contributed by atoms with E-state index in [-0.39, 0.29) is 6.10 Å². The van der Waals surface area contributed by atoms with Crippen LogP contribution in [0, 0.1) is 6.92 Å². The molecule has 1 saturated heterocycles. The van der Waals surface area contributed by atoms with Gasteiger partial charge >= 0.3 is 0 Å². The Morgan fingerprint density at radius 2 is 1.63 bits per heavy atom. The van der Waals surface area contributed by atoms with E-state index in [2.05, 4.69) is 60.0 Å². The maximum absolute atomic E-state index is 6.40. The van der Waals surface area contributed by atoms with Crippen LogP contribution in [-0.4, -0.2) is 23.8 Å². The summed E-state index contributed by atoms with van der Waals surface area (Å²) in [7, 11) is 0. The van der Waals surface area contributed by atoms with Gasteiger partial charge in [0.1, 0.15) is 30.2 Å². The lowest BCUT2D eigenvalue weighted by Gasteiger charge is -2.27. The highest BCUT2D eigenvalue weighted by Gasteiger charge is 2.22. The van der Waals surface area contributed by atoms with Crippen molar-refractivity contribution in [2.45, 2.75) is 52.0 Å². The van der Waals surface area contributed by atoms with Gasteiger partial charge in [-0.15, -0.1) is 0 Å². The molecule has 0 bridgehead atoms. The molecule has 2 aliphatic rings. The van der Waals surface area contributed by atoms with Gasteiger partial charge in [-0.2, -0.15) is 0 Å². The van der Waals surface area contributed by atoms with Crippen molar-refractivity contribution < 1.29 is 14.2 Å². The molecule has 0 spiro atoms. The quantitative estimate of drug-likeness (QED) is 0.283. The number of aryl methyl sites for hydroxylation is 1. The van der Waals surface area contributed by atoms with E-state index in [1.165, 1.54) is 22.4 Å². The van der Waals surface area contributed by atoms with E-state index in [4.69, 9.17) is 19.2 Å². The predicted octanol–water partition coefficient (Wildman–Crippen LogP) is 6.26. The molecule has 1 fully saturated rings. The minimum atomic E-state index is 0.210. The summed E-state index contributed by atoms with van der Waals surface area (Å²) >= 11 is 0. The fourth-order valence-electron chi connectivity index (χ4n) is 5.38. The molecule has 2 aliphatic heterocycles. The minimum Gasteiger partial charge on any atom is -0.489 e. The highest BCUT2D eigenvalue weighted by molar-refractivity contribution is 5.71. The van der Waals surface area contributed by atoms with E-state index in [9.17, 15) is 0 Å². The number of benzene rings is 3. The number of aromatic nitrogens is 1. The van der Waals surface area contributed by atoms with Gasteiger partial charge < -0.3 is 18.8 Å². The fraction of sp³-hybridized carbons (Fsp3) is 0.303. The van der Waals surface area contributed by atoms with E-state index in [1.54, 1.807) is 0 Å². The number of hydrogen-bond acceptors (Lipinski definition) is 4. The van der Waals surface area contributed by atoms with E-state index >= 15 is 0 Å². The highest BCUT2D eigenvalue weighted by atomic mass is 16.5. The smallest absolute Gasteiger partial charge is 0.131 e. The predicted molar refractivity (Wildman–Crippen MR) is 149 cm³/mol. The molecular weight excluding hydrogens is 472 g/mol. The maximum Gasteiger partial charge on any atom is 0.131 e. The standard InChI is InChI=1S/C33H34N2O3/c1-24-31(38-23-26-11-6-3-7-12-26)20-32(34-21-29-13-8-18-36-29)35-17-16-27-19-28(14-15-30(27)33(24)35)37-22-25-9-4-2-5-10-25/h2-7,9-12,14-15,19-20,29H,8,13,16-18,21-23H2,1H3/b34-32+. The van der Waals surface area contributed by atoms with Gasteiger partial charge in [-0.1, -0.05) is 60.7 Å². The van der Waals surface area contributed by atoms with E-state index in [0.29, 0.717) is 19.8 Å². The summed E-state index contributed by atoms with van der Waals surface area (Å²) in [6.45, 7) is 5.63. The van der Waals surface area contributed by atoms with Crippen molar-refractivity contribution in [1.82, 2.24) is 4.57 Å². The second kappa shape index (κ2) is 11.3. The number of rotatable bonds is 8. The van der Waals surface area contributed by atoms with Gasteiger partial charge in [0.15, 0.2) is 0 Å². The molecule has 194 valence electrons. The molecule has 6 rings (SSSR count). The minimum absolute atomic E-state index is 0.210. The first-order chi connectivity index (χ1) is 18.7. The molecule has 4 aromatic rings. The van der Waals surface area contributed by atoms with Crippen molar-refractivity contribution in [2.75, 3.05) is 13.2 Å². The number of fused-ring (bicyclic) bond motifs is 3. The summed E-state index contributed by atoms with van der Waals surface area (Å²) in [5.74, 6) is 1.78. The van der Waals surface area contributed by atoms with Gasteiger partial charge in [-0.05, 0) is 61.1 Å². The van der Waals surface area contributed by atoms with Crippen molar-refractivity contribution >= 4 is 0 Å². The Bertz CT molecular complexity index is 1460. The zero-order valence-corrected chi connectivity index (χ0v) is 21.9. The van der Waals surface area contributed by atoms with Gasteiger partial charge in [0.2, 0.25) is 0 Å². The first kappa shape index (κ1) is 24.5. The third-order valence-corrected chi connectivity index (χ3v) is 7.43. The van der Waals surface area contributed by atoms with Crippen LogP contribution in [0.5, 0.6) is 11.5 Å². The van der Waals surface area contributed by atoms with Crippen molar-refractivity contribution in [1.29, 1.82) is 0 Å². The highest BCUT2D eigenvalue weighted by Crippen LogP contribution is 2.36. The van der Waals surface area contributed by atoms with Gasteiger partial charge in [0.25, 0.3) is 0 Å². The third kappa shape index (κ3) is 5.39. The molecule has 1 unspecified atom stereocenters. The molecule has 1 aromatic heterocycles. The maximum atomic E-state index is 6.40. The van der Waals surface area contributed by atoms with Crippen LogP contribution in [0.15, 0.2) is 89.9 Å². The molecule has 0 saturated carbocycles. The first-order valence-electron chi connectivity index (χ1n) is 13.6. The first-order valence-corrected chi connectivity index (χ1v) is 13.6. The Hall–Kier alpha value is -3.83. The third-order valence-electron chi connectivity index (χ3n) is 7.43. The Kier molecular flexibility index (Phi) is 7.27. The Balaban J connectivity index is 1.34. The summed E-state index contributed by atoms with van der Waals surface area (Å²) in [5, 5.41) is 0. The number of hydrogen-bond donors (Lipinski definition) is 0. The van der Waals surface area contributed by atoms with Crippen molar-refractivity contribution in [2.24, 2.45) is 4.99 Å². The lowest BCUT2D eigenvalue weighted by atomic mass is 9.94. The fourth-order valence-corrected chi connectivity index (χ4v) is 5.38. The van der Waals surface area contributed by atoms with Gasteiger partial charge in [0.05, 0.1) is 18.3 Å². The second-order valence-corrected chi connectivity index (χ2v) is 10.1. The number of ether oxygens (including phenoxy) is 3. The van der Waals surface area contributed by atoms with Crippen molar-refractivity contribution in [3.05, 3.63) is 113 Å². The summed E-state index contributed by atoms with van der Waals surface area (Å²) in [5.41, 5.74) is 8.10. The largest absolute Gasteiger partial charge is 0.489 e. The summed E-state index contributed by atoms with van der Waals surface area (Å²) in [6.07, 6.45) is 3.34. The van der Waals surface area contributed by atoms with Crippen LogP contribution < -0.4 is 15.0 Å². The molecule has 5 nitrogen and oxygen atoms in total. The van der Waals surface area contributed by atoms with Crippen LogP contribution in [0.2, 0.25) is 0 Å². The normalized spacial score (nSPS) is 16.7. The Morgan fingerprint density at radius 3 is 2.34 bits per heavy atom. The monoisotopic (exact) mass is 506 g/mol. The topological polar surface area (TPSA) is 45.0 Å². The molecule has 38 heavy (non-hydrogen) atoms. The number of nitrogens with zero attached hydrogens (tertiary/aromatic N) is 2. The molecule has 0 radical (unpaired) electrons. The molecular formula is C33H34N2O3. The SMILES string of the molecule is Cc1c(OCc2ccccc2)c/c(=N\CC2CCCO2)n2c1-c1ccc(OCc3ccccc3)cc1CC2. The summed E-state index contributed by atoms with van der Waals surface area (Å²) < 4.78 is 20.7. The van der Waals surface area contributed by atoms with Crippen molar-refractivity contribution in [3.8, 4) is 22.8 Å². The van der Waals surface area contributed by atoms with Gasteiger partial charge in [0, 0.05) is 30.3 Å². The zero-order valence-electron chi connectivity index (χ0n) is 21.9. The Labute approximate surface area is 224 Å².